The summed E-state index contributed by atoms with van der Waals surface area (Å²) in [5.41, 5.74) is 0.503. The first kappa shape index (κ1) is 21.2. The van der Waals surface area contributed by atoms with E-state index in [2.05, 4.69) is 10.1 Å². The van der Waals surface area contributed by atoms with Gasteiger partial charge in [0.1, 0.15) is 0 Å². The average molecular weight is 487 g/mol. The number of thiazole rings is 1. The SMILES string of the molecule is CC1=NN(c2ccc(C)cc2)C2(C1)C(Cl)C(=O)N2c1nc2c([N+](=O)[O-])cc([N+](=O)[O-])cc2s1. The smallest absolute Gasteiger partial charge is 0.272 e. The van der Waals surface area contributed by atoms with Crippen molar-refractivity contribution in [2.75, 3.05) is 9.91 Å². The lowest BCUT2D eigenvalue weighted by Crippen LogP contribution is -2.78. The Balaban J connectivity index is 1.66. The van der Waals surface area contributed by atoms with Crippen LogP contribution in [0.25, 0.3) is 10.2 Å². The molecule has 2 unspecified atom stereocenters. The highest BCUT2D eigenvalue weighted by molar-refractivity contribution is 7.22. The van der Waals surface area contributed by atoms with Gasteiger partial charge < -0.3 is 0 Å². The van der Waals surface area contributed by atoms with Gasteiger partial charge >= 0.3 is 5.69 Å². The molecule has 11 nitrogen and oxygen atoms in total. The minimum absolute atomic E-state index is 0.0240. The molecule has 1 saturated heterocycles. The molecule has 0 radical (unpaired) electrons. The zero-order chi connectivity index (χ0) is 23.7. The lowest BCUT2D eigenvalue weighted by molar-refractivity contribution is -0.393. The Hall–Kier alpha value is -3.64. The van der Waals surface area contributed by atoms with E-state index in [1.807, 2.05) is 38.1 Å². The Labute approximate surface area is 195 Å². The van der Waals surface area contributed by atoms with Gasteiger partial charge in [-0.15, -0.1) is 11.6 Å². The number of hydrogen-bond acceptors (Lipinski definition) is 9. The third-order valence-electron chi connectivity index (χ3n) is 5.71. The maximum absolute atomic E-state index is 13.0. The number of nitrogens with zero attached hydrogens (tertiary/aromatic N) is 6. The fraction of sp³-hybridized carbons (Fsp3) is 0.250. The van der Waals surface area contributed by atoms with Gasteiger partial charge in [-0.2, -0.15) is 5.10 Å². The van der Waals surface area contributed by atoms with Crippen LogP contribution >= 0.6 is 22.9 Å². The molecule has 168 valence electrons. The molecule has 3 aromatic rings. The summed E-state index contributed by atoms with van der Waals surface area (Å²) in [4.78, 5) is 40.1. The Morgan fingerprint density at radius 1 is 1.15 bits per heavy atom. The summed E-state index contributed by atoms with van der Waals surface area (Å²) >= 11 is 7.53. The van der Waals surface area contributed by atoms with Gasteiger partial charge in [0.05, 0.1) is 26.3 Å². The van der Waals surface area contributed by atoms with Gasteiger partial charge in [-0.05, 0) is 26.0 Å². The first-order valence-corrected chi connectivity index (χ1v) is 11.0. The van der Waals surface area contributed by atoms with Crippen molar-refractivity contribution >= 4 is 67.0 Å². The van der Waals surface area contributed by atoms with Crippen LogP contribution in [0.15, 0.2) is 41.5 Å². The molecular weight excluding hydrogens is 472 g/mol. The van der Waals surface area contributed by atoms with E-state index >= 15 is 0 Å². The molecular formula is C20H15ClN6O5S. The molecule has 0 aliphatic carbocycles. The monoisotopic (exact) mass is 486 g/mol. The van der Waals surface area contributed by atoms with Crippen molar-refractivity contribution in [1.29, 1.82) is 0 Å². The summed E-state index contributed by atoms with van der Waals surface area (Å²) in [6, 6.07) is 9.66. The molecule has 2 aliphatic heterocycles. The number of alkyl halides is 1. The number of aromatic nitrogens is 1. The number of halogens is 1. The summed E-state index contributed by atoms with van der Waals surface area (Å²) in [6.07, 6.45) is 0.346. The highest BCUT2D eigenvalue weighted by Crippen LogP contribution is 2.51. The molecule has 1 spiro atoms. The summed E-state index contributed by atoms with van der Waals surface area (Å²) in [5.74, 6) is -0.421. The van der Waals surface area contributed by atoms with Crippen LogP contribution in [-0.2, 0) is 4.79 Å². The van der Waals surface area contributed by atoms with Crippen molar-refractivity contribution in [2.24, 2.45) is 5.10 Å². The third-order valence-corrected chi connectivity index (χ3v) is 7.23. The van der Waals surface area contributed by atoms with Crippen molar-refractivity contribution in [2.45, 2.75) is 31.3 Å². The molecule has 3 heterocycles. The molecule has 1 fully saturated rings. The fourth-order valence-electron chi connectivity index (χ4n) is 4.22. The van der Waals surface area contributed by atoms with E-state index in [-0.39, 0.29) is 15.3 Å². The number of anilines is 2. The highest BCUT2D eigenvalue weighted by atomic mass is 35.5. The number of rotatable bonds is 4. The van der Waals surface area contributed by atoms with Crippen LogP contribution in [0.5, 0.6) is 0 Å². The van der Waals surface area contributed by atoms with Crippen LogP contribution < -0.4 is 9.91 Å². The van der Waals surface area contributed by atoms with Gasteiger partial charge in [-0.3, -0.25) is 29.9 Å². The molecule has 33 heavy (non-hydrogen) atoms. The third kappa shape index (κ3) is 2.98. The van der Waals surface area contributed by atoms with Crippen molar-refractivity contribution in [3.05, 3.63) is 62.2 Å². The Morgan fingerprint density at radius 3 is 2.48 bits per heavy atom. The summed E-state index contributed by atoms with van der Waals surface area (Å²) in [7, 11) is 0. The summed E-state index contributed by atoms with van der Waals surface area (Å²) in [5, 5.41) is 28.3. The van der Waals surface area contributed by atoms with Crippen LogP contribution in [0.3, 0.4) is 0 Å². The van der Waals surface area contributed by atoms with Crippen LogP contribution in [0.4, 0.5) is 22.2 Å². The van der Waals surface area contributed by atoms with Gasteiger partial charge in [0.15, 0.2) is 21.7 Å². The van der Waals surface area contributed by atoms with Gasteiger partial charge in [-0.25, -0.2) is 9.99 Å². The largest absolute Gasteiger partial charge is 0.303 e. The molecule has 1 amide bonds. The van der Waals surface area contributed by atoms with Gasteiger partial charge in [-0.1, -0.05) is 29.0 Å². The van der Waals surface area contributed by atoms with Crippen molar-refractivity contribution in [3.63, 3.8) is 0 Å². The second kappa shape index (κ2) is 7.18. The molecule has 13 heteroatoms. The number of benzene rings is 2. The minimum Gasteiger partial charge on any atom is -0.272 e. The molecule has 2 aliphatic rings. The lowest BCUT2D eigenvalue weighted by atomic mass is 9.88. The normalized spacial score (nSPS) is 22.1. The number of aryl methyl sites for hydroxylation is 1. The zero-order valence-electron chi connectivity index (χ0n) is 17.3. The summed E-state index contributed by atoms with van der Waals surface area (Å²) in [6.45, 7) is 3.78. The topological polar surface area (TPSA) is 135 Å². The van der Waals surface area contributed by atoms with E-state index in [1.54, 1.807) is 5.01 Å². The average Bonchev–Trinajstić information content (AvgIpc) is 3.35. The maximum atomic E-state index is 13.0. The van der Waals surface area contributed by atoms with E-state index in [1.165, 1.54) is 11.0 Å². The minimum atomic E-state index is -1.08. The molecule has 1 aromatic heterocycles. The van der Waals surface area contributed by atoms with Crippen LogP contribution in [0, 0.1) is 27.2 Å². The molecule has 2 atom stereocenters. The number of hydrazone groups is 1. The number of non-ortho nitro benzene ring substituents is 2. The van der Waals surface area contributed by atoms with Crippen molar-refractivity contribution < 1.29 is 14.6 Å². The Morgan fingerprint density at radius 2 is 1.85 bits per heavy atom. The number of carbonyl (C=O) groups excluding carboxylic acids is 1. The van der Waals surface area contributed by atoms with E-state index in [0.717, 1.165) is 34.4 Å². The predicted octanol–water partition coefficient (Wildman–Crippen LogP) is 4.36. The number of β-lactam (4-membered cyclic amide) rings is 1. The van der Waals surface area contributed by atoms with Crippen molar-refractivity contribution in [3.8, 4) is 0 Å². The number of nitro groups is 2. The van der Waals surface area contributed by atoms with E-state index in [4.69, 9.17) is 11.6 Å². The summed E-state index contributed by atoms with van der Waals surface area (Å²) < 4.78 is 0.226. The van der Waals surface area contributed by atoms with E-state index in [9.17, 15) is 25.0 Å². The standard InChI is InChI=1S/C20H15ClN6O5S/c1-10-3-5-12(6-4-10)25-20(9-11(2)23-25)17(21)18(28)24(20)19-22-16-14(27(31)32)7-13(26(29)30)8-15(16)33-19/h3-8,17H,9H2,1-2H3. The zero-order valence-corrected chi connectivity index (χ0v) is 18.8. The number of amides is 1. The predicted molar refractivity (Wildman–Crippen MR) is 124 cm³/mol. The highest BCUT2D eigenvalue weighted by Gasteiger charge is 2.67. The second-order valence-electron chi connectivity index (χ2n) is 7.90. The fourth-order valence-corrected chi connectivity index (χ4v) is 5.68. The molecule has 2 aromatic carbocycles. The van der Waals surface area contributed by atoms with Crippen LogP contribution in [-0.4, -0.2) is 37.5 Å². The van der Waals surface area contributed by atoms with Gasteiger partial charge in [0.25, 0.3) is 11.6 Å². The van der Waals surface area contributed by atoms with Gasteiger partial charge in [0.2, 0.25) is 0 Å². The maximum Gasteiger partial charge on any atom is 0.303 e. The number of carbonyl (C=O) groups is 1. The molecule has 0 N–H and O–H groups in total. The number of nitro benzene ring substituents is 2. The van der Waals surface area contributed by atoms with Crippen molar-refractivity contribution in [1.82, 2.24) is 4.98 Å². The first-order valence-electron chi connectivity index (χ1n) is 9.76. The number of fused-ring (bicyclic) bond motifs is 1. The second-order valence-corrected chi connectivity index (χ2v) is 9.34. The molecule has 5 rings (SSSR count). The Bertz CT molecular complexity index is 1390. The molecule has 0 bridgehead atoms. The quantitative estimate of drug-likeness (QED) is 0.231. The van der Waals surface area contributed by atoms with Crippen LogP contribution in [0.2, 0.25) is 0 Å². The lowest BCUT2D eigenvalue weighted by Gasteiger charge is -2.55. The molecule has 0 saturated carbocycles. The number of hydrogen-bond donors (Lipinski definition) is 0. The van der Waals surface area contributed by atoms with Crippen LogP contribution in [0.1, 0.15) is 18.9 Å². The van der Waals surface area contributed by atoms with E-state index in [0.29, 0.717) is 6.42 Å². The van der Waals surface area contributed by atoms with Gasteiger partial charge in [0, 0.05) is 18.2 Å². The first-order chi connectivity index (χ1) is 15.6. The van der Waals surface area contributed by atoms with E-state index < -0.39 is 38.2 Å². The Kier molecular flexibility index (Phi) is 4.62.